The number of hydrogen-bond donors (Lipinski definition) is 1. The smallest absolute Gasteiger partial charge is 0.413 e. The number of carbonyl (C=O) groups excluding carboxylic acids is 1. The minimum absolute atomic E-state index is 0.159. The maximum atomic E-state index is 15.0. The molecule has 0 aliphatic carbocycles. The third kappa shape index (κ3) is 13.5. The zero-order chi connectivity index (χ0) is 34.8. The first-order chi connectivity index (χ1) is 23.1. The van der Waals surface area contributed by atoms with Crippen LogP contribution in [0.2, 0.25) is 0 Å². The van der Waals surface area contributed by atoms with E-state index in [0.29, 0.717) is 5.75 Å². The Hall–Kier alpha value is -2.92. The van der Waals surface area contributed by atoms with Crippen molar-refractivity contribution < 1.29 is 18.4 Å². The lowest BCUT2D eigenvalue weighted by Gasteiger charge is -2.32. The van der Waals surface area contributed by atoms with Gasteiger partial charge in [0.2, 0.25) is 5.91 Å². The summed E-state index contributed by atoms with van der Waals surface area (Å²) in [6, 6.07) is 25.1. The highest BCUT2D eigenvalue weighted by molar-refractivity contribution is 7.51. The molecule has 2 unspecified atom stereocenters. The monoisotopic (exact) mass is 676 g/mol. The van der Waals surface area contributed by atoms with Gasteiger partial charge in [-0.3, -0.25) is 9.32 Å². The molecule has 3 rings (SSSR count). The van der Waals surface area contributed by atoms with Crippen LogP contribution in [0.3, 0.4) is 0 Å². The quantitative estimate of drug-likeness (QED) is 0.0800. The summed E-state index contributed by atoms with van der Waals surface area (Å²) in [6.07, 6.45) is 13.0. The Morgan fingerprint density at radius 1 is 0.708 bits per heavy atom. The maximum absolute atomic E-state index is 15.0. The van der Waals surface area contributed by atoms with Crippen molar-refractivity contribution in [3.05, 3.63) is 95.6 Å². The number of benzene rings is 3. The molecule has 3 aromatic carbocycles. The van der Waals surface area contributed by atoms with Crippen LogP contribution in [0, 0.1) is 0 Å². The standard InChI is InChI=1S/C41H61N2O4P/c1-7-8-9-10-11-12-13-14-15-18-24-35(6)46-48(45,47-37-27-21-17-22-28-37)43(31-36-25-19-16-20-26-36)32-40(44)42-41-38(33(2)3)29-23-30-39(41)34(4)5/h16-17,19-23,25-30,33-35H,7-15,18,24,31-32H2,1-6H3,(H,42,44). The maximum Gasteiger partial charge on any atom is 0.462 e. The SMILES string of the molecule is CCCCCCCCCCCCC(C)OP(=O)(Oc1ccccc1)N(CC(=O)Nc1c(C(C)C)cccc1C(C)C)Cc1ccccc1. The van der Waals surface area contributed by atoms with Gasteiger partial charge in [0, 0.05) is 12.2 Å². The van der Waals surface area contributed by atoms with Gasteiger partial charge in [-0.15, -0.1) is 0 Å². The minimum Gasteiger partial charge on any atom is -0.413 e. The van der Waals surface area contributed by atoms with Gasteiger partial charge < -0.3 is 9.84 Å². The molecule has 0 aliphatic rings. The molecule has 0 saturated heterocycles. The molecule has 3 aromatic rings. The summed E-state index contributed by atoms with van der Waals surface area (Å²) in [5.41, 5.74) is 3.91. The van der Waals surface area contributed by atoms with E-state index in [4.69, 9.17) is 9.05 Å². The molecule has 1 amide bonds. The van der Waals surface area contributed by atoms with Crippen LogP contribution in [0.4, 0.5) is 5.69 Å². The third-order valence-electron chi connectivity index (χ3n) is 8.76. The van der Waals surface area contributed by atoms with Gasteiger partial charge in [0.25, 0.3) is 0 Å². The summed E-state index contributed by atoms with van der Waals surface area (Å²) < 4.78 is 29.3. The van der Waals surface area contributed by atoms with E-state index in [9.17, 15) is 4.79 Å². The van der Waals surface area contributed by atoms with Crippen LogP contribution < -0.4 is 9.84 Å². The highest BCUT2D eigenvalue weighted by atomic mass is 31.2. The Morgan fingerprint density at radius 3 is 1.77 bits per heavy atom. The summed E-state index contributed by atoms with van der Waals surface area (Å²) >= 11 is 0. The van der Waals surface area contributed by atoms with Crippen molar-refractivity contribution in [1.82, 2.24) is 4.67 Å². The molecule has 48 heavy (non-hydrogen) atoms. The van der Waals surface area contributed by atoms with Crippen LogP contribution in [-0.4, -0.2) is 23.2 Å². The Bertz CT molecular complexity index is 1350. The second kappa shape index (κ2) is 21.2. The largest absolute Gasteiger partial charge is 0.462 e. The molecule has 0 spiro atoms. The highest BCUT2D eigenvalue weighted by Crippen LogP contribution is 2.54. The summed E-state index contributed by atoms with van der Waals surface area (Å²) in [6.45, 7) is 12.8. The molecule has 1 N–H and O–H groups in total. The molecule has 0 aliphatic heterocycles. The molecule has 7 heteroatoms. The number of carbonyl (C=O) groups is 1. The van der Waals surface area contributed by atoms with Crippen LogP contribution in [0.1, 0.15) is 141 Å². The summed E-state index contributed by atoms with van der Waals surface area (Å²) in [4.78, 5) is 13.9. The van der Waals surface area contributed by atoms with Crippen molar-refractivity contribution in [3.63, 3.8) is 0 Å². The molecule has 0 bridgehead atoms. The van der Waals surface area contributed by atoms with E-state index in [-0.39, 0.29) is 36.9 Å². The summed E-state index contributed by atoms with van der Waals surface area (Å²) in [7, 11) is -4.00. The van der Waals surface area contributed by atoms with Crippen LogP contribution in [0.5, 0.6) is 5.75 Å². The Balaban J connectivity index is 1.79. The number of hydrogen-bond acceptors (Lipinski definition) is 4. The Labute approximate surface area is 291 Å². The Morgan fingerprint density at radius 2 is 1.23 bits per heavy atom. The lowest BCUT2D eigenvalue weighted by atomic mass is 9.92. The van der Waals surface area contributed by atoms with Crippen molar-refractivity contribution in [2.75, 3.05) is 11.9 Å². The summed E-state index contributed by atoms with van der Waals surface area (Å²) in [5, 5.41) is 3.21. The predicted molar refractivity (Wildman–Crippen MR) is 202 cm³/mol. The second-order valence-electron chi connectivity index (χ2n) is 13.7. The van der Waals surface area contributed by atoms with Crippen LogP contribution >= 0.6 is 7.75 Å². The van der Waals surface area contributed by atoms with Gasteiger partial charge in [-0.25, -0.2) is 4.57 Å². The molecule has 264 valence electrons. The van der Waals surface area contributed by atoms with Crippen molar-refractivity contribution in [1.29, 1.82) is 0 Å². The number of para-hydroxylation sites is 2. The third-order valence-corrected chi connectivity index (χ3v) is 10.8. The van der Waals surface area contributed by atoms with Crippen LogP contribution in [-0.2, 0) is 20.4 Å². The molecule has 0 radical (unpaired) electrons. The number of amides is 1. The molecule has 0 heterocycles. The lowest BCUT2D eigenvalue weighted by Crippen LogP contribution is -2.34. The van der Waals surface area contributed by atoms with Gasteiger partial charge in [-0.05, 0) is 54.0 Å². The average molecular weight is 677 g/mol. The number of nitrogens with one attached hydrogen (secondary N) is 1. The first kappa shape index (κ1) is 39.5. The lowest BCUT2D eigenvalue weighted by molar-refractivity contribution is -0.116. The van der Waals surface area contributed by atoms with Crippen LogP contribution in [0.25, 0.3) is 0 Å². The van der Waals surface area contributed by atoms with Crippen molar-refractivity contribution >= 4 is 19.3 Å². The average Bonchev–Trinajstić information content (AvgIpc) is 3.06. The van der Waals surface area contributed by atoms with E-state index < -0.39 is 7.75 Å². The highest BCUT2D eigenvalue weighted by Gasteiger charge is 2.39. The van der Waals surface area contributed by atoms with Gasteiger partial charge in [-0.1, -0.05) is 166 Å². The molecule has 2 atom stereocenters. The van der Waals surface area contributed by atoms with E-state index in [1.54, 1.807) is 16.8 Å². The first-order valence-corrected chi connectivity index (χ1v) is 19.9. The van der Waals surface area contributed by atoms with Gasteiger partial charge in [0.1, 0.15) is 5.75 Å². The number of anilines is 1. The molecular weight excluding hydrogens is 615 g/mol. The first-order valence-electron chi connectivity index (χ1n) is 18.4. The van der Waals surface area contributed by atoms with Gasteiger partial charge in [-0.2, -0.15) is 4.67 Å². The fraction of sp³-hybridized carbons (Fsp3) is 0.537. The topological polar surface area (TPSA) is 67.9 Å². The molecule has 0 saturated carbocycles. The van der Waals surface area contributed by atoms with Crippen molar-refractivity contribution in [3.8, 4) is 5.75 Å². The van der Waals surface area contributed by atoms with E-state index >= 15 is 4.57 Å². The molecule has 0 aromatic heterocycles. The molecular formula is C41H61N2O4P. The van der Waals surface area contributed by atoms with Crippen molar-refractivity contribution in [2.24, 2.45) is 0 Å². The number of nitrogens with zero attached hydrogens (tertiary/aromatic N) is 1. The van der Waals surface area contributed by atoms with E-state index in [1.165, 1.54) is 51.4 Å². The fourth-order valence-electron chi connectivity index (χ4n) is 6.02. The van der Waals surface area contributed by atoms with Crippen molar-refractivity contribution in [2.45, 2.75) is 137 Å². The second-order valence-corrected chi connectivity index (χ2v) is 15.6. The van der Waals surface area contributed by atoms with Gasteiger partial charge in [0.05, 0.1) is 12.6 Å². The zero-order valence-electron chi connectivity index (χ0n) is 30.5. The number of unbranched alkanes of at least 4 members (excludes halogenated alkanes) is 9. The fourth-order valence-corrected chi connectivity index (χ4v) is 7.90. The molecule has 0 fully saturated rings. The molecule has 6 nitrogen and oxygen atoms in total. The van der Waals surface area contributed by atoms with Gasteiger partial charge >= 0.3 is 7.75 Å². The van der Waals surface area contributed by atoms with E-state index in [1.807, 2.05) is 61.5 Å². The summed E-state index contributed by atoms with van der Waals surface area (Å²) in [5.74, 6) is 0.630. The van der Waals surface area contributed by atoms with E-state index in [2.05, 4.69) is 52.1 Å². The predicted octanol–water partition coefficient (Wildman–Crippen LogP) is 12.3. The minimum atomic E-state index is -4.00. The van der Waals surface area contributed by atoms with Crippen LogP contribution in [0.15, 0.2) is 78.9 Å². The van der Waals surface area contributed by atoms with E-state index in [0.717, 1.165) is 41.6 Å². The zero-order valence-corrected chi connectivity index (χ0v) is 31.4. The van der Waals surface area contributed by atoms with Gasteiger partial charge in [0.15, 0.2) is 0 Å². The Kier molecular flexibility index (Phi) is 17.5. The normalized spacial score (nSPS) is 13.5. The number of rotatable bonds is 23.